The molecule has 0 aliphatic carbocycles. The topological polar surface area (TPSA) is 68.3 Å². The lowest BCUT2D eigenvalue weighted by Gasteiger charge is -1.24. The molecular weight excluding hydrogens is 160 g/mol. The largest absolute Gasteiger partial charge is 0.304 e. The van der Waals surface area contributed by atoms with Crippen LogP contribution < -0.4 is 0 Å². The second-order valence-electron chi connectivity index (χ2n) is 0.943. The molecule has 0 N–H and O–H groups in total. The Labute approximate surface area is 73.0 Å². The van der Waals surface area contributed by atoms with Crippen molar-refractivity contribution in [2.45, 2.75) is 27.7 Å². The molecular formula is C8H16O4. The van der Waals surface area contributed by atoms with Gasteiger partial charge in [0.1, 0.15) is 25.1 Å². The van der Waals surface area contributed by atoms with Crippen LogP contribution in [0, 0.1) is 0 Å². The number of carbonyl (C=O) groups is 4. The summed E-state index contributed by atoms with van der Waals surface area (Å²) in [5.74, 6) is 0. The summed E-state index contributed by atoms with van der Waals surface area (Å²) in [4.78, 5) is 35.2. The third-order valence-electron chi connectivity index (χ3n) is 0. The molecule has 0 aliphatic heterocycles. The molecule has 0 aromatic heterocycles. The molecule has 0 rings (SSSR count). The smallest absolute Gasteiger partial charge is 0.116 e. The molecule has 0 aromatic carbocycles. The van der Waals surface area contributed by atoms with Gasteiger partial charge in [-0.3, -0.25) is 0 Å². The Morgan fingerprint density at radius 3 is 0.500 bits per heavy atom. The van der Waals surface area contributed by atoms with Gasteiger partial charge in [0.05, 0.1) is 0 Å². The predicted octanol–water partition coefficient (Wildman–Crippen LogP) is 0.821. The lowest BCUT2D eigenvalue weighted by Crippen LogP contribution is -1.36. The number of aldehydes is 4. The van der Waals surface area contributed by atoms with Crippen molar-refractivity contribution in [3.8, 4) is 0 Å². The van der Waals surface area contributed by atoms with Crippen molar-refractivity contribution in [3.05, 3.63) is 0 Å². The van der Waals surface area contributed by atoms with E-state index in [9.17, 15) is 0 Å². The van der Waals surface area contributed by atoms with Crippen molar-refractivity contribution in [3.63, 3.8) is 0 Å². The van der Waals surface area contributed by atoms with Crippen molar-refractivity contribution in [1.29, 1.82) is 0 Å². The van der Waals surface area contributed by atoms with E-state index in [1.165, 1.54) is 27.7 Å². The van der Waals surface area contributed by atoms with E-state index in [4.69, 9.17) is 19.2 Å². The summed E-state index contributed by atoms with van der Waals surface area (Å²) in [6.45, 7) is 5.78. The Bertz CT molecular complexity index is 65.1. The second kappa shape index (κ2) is 102. The van der Waals surface area contributed by atoms with E-state index in [-0.39, 0.29) is 0 Å². The van der Waals surface area contributed by atoms with Gasteiger partial charge in [0.15, 0.2) is 0 Å². The van der Waals surface area contributed by atoms with Gasteiger partial charge < -0.3 is 19.2 Å². The summed E-state index contributed by atoms with van der Waals surface area (Å²) in [7, 11) is 0. The summed E-state index contributed by atoms with van der Waals surface area (Å²) < 4.78 is 0. The molecule has 0 fully saturated rings. The minimum Gasteiger partial charge on any atom is -0.304 e. The van der Waals surface area contributed by atoms with Gasteiger partial charge >= 0.3 is 0 Å². The molecule has 0 saturated heterocycles. The summed E-state index contributed by atoms with van der Waals surface area (Å²) in [6, 6.07) is 0. The van der Waals surface area contributed by atoms with Crippen molar-refractivity contribution in [2.24, 2.45) is 0 Å². The fraction of sp³-hybridized carbons (Fsp3) is 0.500. The zero-order valence-corrected chi connectivity index (χ0v) is 7.94. The van der Waals surface area contributed by atoms with E-state index in [2.05, 4.69) is 0 Å². The molecule has 0 aromatic rings. The Morgan fingerprint density at radius 1 is 0.500 bits per heavy atom. The van der Waals surface area contributed by atoms with Crippen LogP contribution in [0.3, 0.4) is 0 Å². The first-order valence-electron chi connectivity index (χ1n) is 3.25. The zero-order valence-electron chi connectivity index (χ0n) is 7.94. The standard InChI is InChI=1S/4C2H4O/c4*1-2-3/h4*2H,1H3. The van der Waals surface area contributed by atoms with E-state index < -0.39 is 0 Å². The molecule has 0 heterocycles. The van der Waals surface area contributed by atoms with E-state index in [0.717, 1.165) is 25.1 Å². The Balaban J connectivity index is -0.0000000356. The maximum absolute atomic E-state index is 8.81. The molecule has 0 amide bonds. The maximum Gasteiger partial charge on any atom is 0.116 e. The quantitative estimate of drug-likeness (QED) is 0.512. The van der Waals surface area contributed by atoms with Gasteiger partial charge in [-0.1, -0.05) is 0 Å². The average Bonchev–Trinajstić information content (AvgIpc) is 1.92. The van der Waals surface area contributed by atoms with Crippen LogP contribution in [0.2, 0.25) is 0 Å². The van der Waals surface area contributed by atoms with Crippen LogP contribution >= 0.6 is 0 Å². The summed E-state index contributed by atoms with van der Waals surface area (Å²) >= 11 is 0. The highest BCUT2D eigenvalue weighted by atomic mass is 16.1. The van der Waals surface area contributed by atoms with Crippen LogP contribution in [-0.2, 0) is 19.2 Å². The van der Waals surface area contributed by atoms with Crippen molar-refractivity contribution >= 4 is 25.1 Å². The summed E-state index contributed by atoms with van der Waals surface area (Å²) in [5, 5.41) is 0. The summed E-state index contributed by atoms with van der Waals surface area (Å²) in [5.41, 5.74) is 0. The van der Waals surface area contributed by atoms with Crippen LogP contribution in [0.15, 0.2) is 0 Å². The highest BCUT2D eigenvalue weighted by Crippen LogP contribution is 1.14. The Hall–Kier alpha value is -1.32. The first kappa shape index (κ1) is 22.4. The van der Waals surface area contributed by atoms with E-state index in [1.807, 2.05) is 0 Å². The second-order valence-corrected chi connectivity index (χ2v) is 0.943. The normalized spacial score (nSPS) is 4.33. The van der Waals surface area contributed by atoms with E-state index >= 15 is 0 Å². The molecule has 0 aliphatic rings. The fourth-order valence-corrected chi connectivity index (χ4v) is 0. The lowest BCUT2D eigenvalue weighted by molar-refractivity contribution is -0.106. The number of carbonyl (C=O) groups excluding carboxylic acids is 4. The van der Waals surface area contributed by atoms with Gasteiger partial charge in [0, 0.05) is 0 Å². The van der Waals surface area contributed by atoms with Gasteiger partial charge in [-0.25, -0.2) is 0 Å². The number of hydrogen-bond donors (Lipinski definition) is 0. The first-order valence-corrected chi connectivity index (χ1v) is 3.25. The molecule has 0 bridgehead atoms. The van der Waals surface area contributed by atoms with Crippen LogP contribution in [0.1, 0.15) is 27.7 Å². The predicted molar refractivity (Wildman–Crippen MR) is 47.0 cm³/mol. The first-order chi connectivity index (χ1) is 5.66. The van der Waals surface area contributed by atoms with Gasteiger partial charge in [0.2, 0.25) is 0 Å². The highest BCUT2D eigenvalue weighted by Gasteiger charge is 1.25. The SMILES string of the molecule is CC=O.CC=O.CC=O.CC=O. The molecule has 12 heavy (non-hydrogen) atoms. The van der Waals surface area contributed by atoms with Crippen LogP contribution in [0.4, 0.5) is 0 Å². The molecule has 0 saturated carbocycles. The molecule has 4 heteroatoms. The van der Waals surface area contributed by atoms with Crippen LogP contribution in [-0.4, -0.2) is 25.1 Å². The highest BCUT2D eigenvalue weighted by molar-refractivity contribution is 5.45. The molecule has 0 radical (unpaired) electrons. The van der Waals surface area contributed by atoms with Crippen molar-refractivity contribution in [1.82, 2.24) is 0 Å². The van der Waals surface area contributed by atoms with Gasteiger partial charge in [-0.05, 0) is 27.7 Å². The van der Waals surface area contributed by atoms with E-state index in [1.54, 1.807) is 0 Å². The third-order valence-corrected chi connectivity index (χ3v) is 0. The molecule has 0 atom stereocenters. The molecule has 0 unspecified atom stereocenters. The maximum atomic E-state index is 8.81. The van der Waals surface area contributed by atoms with Gasteiger partial charge in [-0.2, -0.15) is 0 Å². The number of rotatable bonds is 0. The fourth-order valence-electron chi connectivity index (χ4n) is 0. The lowest BCUT2D eigenvalue weighted by atomic mass is 11.0. The molecule has 4 nitrogen and oxygen atoms in total. The van der Waals surface area contributed by atoms with Crippen LogP contribution in [0.5, 0.6) is 0 Å². The third kappa shape index (κ3) is 294. The van der Waals surface area contributed by atoms with E-state index in [0.29, 0.717) is 0 Å². The van der Waals surface area contributed by atoms with Gasteiger partial charge in [-0.15, -0.1) is 0 Å². The minimum absolute atomic E-state index is 0.750. The summed E-state index contributed by atoms with van der Waals surface area (Å²) in [6.07, 6.45) is 3.00. The Morgan fingerprint density at radius 2 is 0.500 bits per heavy atom. The average molecular weight is 176 g/mol. The van der Waals surface area contributed by atoms with Crippen molar-refractivity contribution in [2.75, 3.05) is 0 Å². The Kier molecular flexibility index (Phi) is 190. The number of hydrogen-bond acceptors (Lipinski definition) is 4. The van der Waals surface area contributed by atoms with Crippen molar-refractivity contribution < 1.29 is 19.2 Å². The zero-order chi connectivity index (χ0) is 10.8. The molecule has 0 spiro atoms. The van der Waals surface area contributed by atoms with Crippen LogP contribution in [0.25, 0.3) is 0 Å². The monoisotopic (exact) mass is 176 g/mol. The minimum atomic E-state index is 0.750. The molecule has 72 valence electrons. The van der Waals surface area contributed by atoms with Gasteiger partial charge in [0.25, 0.3) is 0 Å².